The molecule has 1 aromatic heterocycles. The second-order valence-electron chi connectivity index (χ2n) is 6.65. The van der Waals surface area contributed by atoms with Gasteiger partial charge in [0.25, 0.3) is 5.91 Å². The average Bonchev–Trinajstić information content (AvgIpc) is 3.05. The number of furan rings is 1. The second kappa shape index (κ2) is 11.4. The zero-order chi connectivity index (χ0) is 20.6. The van der Waals surface area contributed by atoms with E-state index in [2.05, 4.69) is 28.6 Å². The first kappa shape index (κ1) is 23.5. The van der Waals surface area contributed by atoms with E-state index in [0.717, 1.165) is 40.8 Å². The summed E-state index contributed by atoms with van der Waals surface area (Å²) in [6, 6.07) is 15.6. The third-order valence-corrected chi connectivity index (χ3v) is 4.59. The lowest BCUT2D eigenvalue weighted by molar-refractivity contribution is -0.119. The van der Waals surface area contributed by atoms with Gasteiger partial charge in [0.1, 0.15) is 17.1 Å². The predicted molar refractivity (Wildman–Crippen MR) is 129 cm³/mol. The molecule has 0 unspecified atom stereocenters. The van der Waals surface area contributed by atoms with E-state index in [1.54, 1.807) is 7.05 Å². The zero-order valence-corrected chi connectivity index (χ0v) is 19.4. The van der Waals surface area contributed by atoms with Crippen molar-refractivity contribution in [1.82, 2.24) is 10.6 Å². The minimum absolute atomic E-state index is 0. The number of nitrogens with zero attached hydrogens (tertiary/aromatic N) is 1. The number of ether oxygens (including phenoxy) is 1. The van der Waals surface area contributed by atoms with E-state index < -0.39 is 5.91 Å². The summed E-state index contributed by atoms with van der Waals surface area (Å²) in [5.74, 6) is 1.75. The Hall–Kier alpha value is -2.75. The van der Waals surface area contributed by atoms with Crippen molar-refractivity contribution < 1.29 is 13.9 Å². The number of rotatable bonds is 8. The number of nitrogens with one attached hydrogen (secondary N) is 2. The molecule has 0 atom stereocenters. The fourth-order valence-corrected chi connectivity index (χ4v) is 3.01. The number of benzene rings is 2. The quantitative estimate of drug-likeness (QED) is 0.240. The number of carbonyl (C=O) groups excluding carboxylic acids is 1. The fraction of sp³-hybridized carbons (Fsp3) is 0.273. The molecule has 0 aliphatic carbocycles. The number of amides is 1. The van der Waals surface area contributed by atoms with Crippen LogP contribution in [0.4, 0.5) is 0 Å². The molecule has 30 heavy (non-hydrogen) atoms. The van der Waals surface area contributed by atoms with Crippen molar-refractivity contribution in [3.8, 4) is 5.75 Å². The highest BCUT2D eigenvalue weighted by Crippen LogP contribution is 2.24. The number of nitrogens with two attached hydrogens (primary N) is 1. The number of hydrogen-bond acceptors (Lipinski definition) is 4. The molecule has 3 aromatic rings. The number of hydrogen-bond donors (Lipinski definition) is 3. The molecule has 3 rings (SSSR count). The molecule has 0 saturated heterocycles. The van der Waals surface area contributed by atoms with Crippen molar-refractivity contribution in [3.63, 3.8) is 0 Å². The van der Waals surface area contributed by atoms with Crippen LogP contribution in [-0.4, -0.2) is 32.1 Å². The summed E-state index contributed by atoms with van der Waals surface area (Å²) < 4.78 is 11.2. The van der Waals surface area contributed by atoms with Crippen LogP contribution in [0, 0.1) is 6.92 Å². The van der Waals surface area contributed by atoms with Crippen molar-refractivity contribution in [3.05, 3.63) is 65.4 Å². The fourth-order valence-electron chi connectivity index (χ4n) is 3.01. The molecular weight excluding hydrogens is 495 g/mol. The monoisotopic (exact) mass is 522 g/mol. The summed E-state index contributed by atoms with van der Waals surface area (Å²) in [6.07, 6.45) is 0.820. The third-order valence-electron chi connectivity index (χ3n) is 4.59. The van der Waals surface area contributed by atoms with E-state index in [0.29, 0.717) is 18.3 Å². The summed E-state index contributed by atoms with van der Waals surface area (Å²) in [5, 5.41) is 7.73. The van der Waals surface area contributed by atoms with E-state index in [1.165, 1.54) is 0 Å². The van der Waals surface area contributed by atoms with Gasteiger partial charge >= 0.3 is 0 Å². The van der Waals surface area contributed by atoms with Crippen LogP contribution < -0.4 is 21.1 Å². The van der Waals surface area contributed by atoms with Crippen LogP contribution >= 0.6 is 24.0 Å². The van der Waals surface area contributed by atoms with Gasteiger partial charge in [-0.1, -0.05) is 30.3 Å². The summed E-state index contributed by atoms with van der Waals surface area (Å²) in [5.41, 5.74) is 8.25. The van der Waals surface area contributed by atoms with E-state index in [-0.39, 0.29) is 30.6 Å². The SMILES string of the molecule is CN=C(NCCc1ccc(OCC(N)=O)cc1)NCc1oc2ccccc2c1C.I. The molecule has 0 radical (unpaired) electrons. The number of fused-ring (bicyclic) bond motifs is 1. The van der Waals surface area contributed by atoms with Gasteiger partial charge in [-0.25, -0.2) is 0 Å². The van der Waals surface area contributed by atoms with E-state index in [4.69, 9.17) is 14.9 Å². The number of carbonyl (C=O) groups is 1. The highest BCUT2D eigenvalue weighted by Gasteiger charge is 2.10. The van der Waals surface area contributed by atoms with Crippen molar-refractivity contribution >= 4 is 46.8 Å². The van der Waals surface area contributed by atoms with Crippen LogP contribution in [0.15, 0.2) is 57.9 Å². The van der Waals surface area contributed by atoms with E-state index in [1.807, 2.05) is 42.5 Å². The van der Waals surface area contributed by atoms with Crippen molar-refractivity contribution in [2.75, 3.05) is 20.2 Å². The molecule has 2 aromatic carbocycles. The number of guanidine groups is 1. The van der Waals surface area contributed by atoms with Crippen LogP contribution in [0.2, 0.25) is 0 Å². The number of aryl methyl sites for hydroxylation is 1. The van der Waals surface area contributed by atoms with Gasteiger partial charge in [0, 0.05) is 24.5 Å². The van der Waals surface area contributed by atoms with Gasteiger partial charge in [-0.05, 0) is 37.1 Å². The highest BCUT2D eigenvalue weighted by atomic mass is 127. The summed E-state index contributed by atoms with van der Waals surface area (Å²) in [7, 11) is 1.74. The smallest absolute Gasteiger partial charge is 0.255 e. The van der Waals surface area contributed by atoms with Gasteiger partial charge in [0.05, 0.1) is 6.54 Å². The Labute approximate surface area is 193 Å². The van der Waals surface area contributed by atoms with Gasteiger partial charge in [0.2, 0.25) is 0 Å². The Morgan fingerprint density at radius 1 is 1.13 bits per heavy atom. The lowest BCUT2D eigenvalue weighted by Gasteiger charge is -2.11. The van der Waals surface area contributed by atoms with E-state index >= 15 is 0 Å². The number of aliphatic imine (C=N–C) groups is 1. The molecule has 0 bridgehead atoms. The summed E-state index contributed by atoms with van der Waals surface area (Å²) in [4.78, 5) is 15.0. The average molecular weight is 522 g/mol. The first-order chi connectivity index (χ1) is 14.1. The second-order valence-corrected chi connectivity index (χ2v) is 6.65. The normalized spacial score (nSPS) is 11.1. The molecule has 4 N–H and O–H groups in total. The Morgan fingerprint density at radius 2 is 1.87 bits per heavy atom. The molecule has 7 nitrogen and oxygen atoms in total. The Morgan fingerprint density at radius 3 is 2.53 bits per heavy atom. The van der Waals surface area contributed by atoms with Crippen LogP contribution in [0.3, 0.4) is 0 Å². The Kier molecular flexibility index (Phi) is 8.97. The number of halogens is 1. The summed E-state index contributed by atoms with van der Waals surface area (Å²) >= 11 is 0. The first-order valence-electron chi connectivity index (χ1n) is 9.48. The van der Waals surface area contributed by atoms with Crippen LogP contribution in [0.25, 0.3) is 11.0 Å². The van der Waals surface area contributed by atoms with Crippen LogP contribution in [0.1, 0.15) is 16.9 Å². The molecular formula is C22H27IN4O3. The predicted octanol–water partition coefficient (Wildman–Crippen LogP) is 3.13. The topological polar surface area (TPSA) is 102 Å². The maximum atomic E-state index is 10.7. The molecule has 0 saturated carbocycles. The van der Waals surface area contributed by atoms with Crippen molar-refractivity contribution in [2.24, 2.45) is 10.7 Å². The molecule has 1 amide bonds. The van der Waals surface area contributed by atoms with Crippen LogP contribution in [0.5, 0.6) is 5.75 Å². The molecule has 0 spiro atoms. The molecule has 160 valence electrons. The Bertz CT molecular complexity index is 999. The molecule has 1 heterocycles. The van der Waals surface area contributed by atoms with Gasteiger partial charge in [-0.2, -0.15) is 0 Å². The maximum absolute atomic E-state index is 10.7. The molecule has 0 aliphatic heterocycles. The lowest BCUT2D eigenvalue weighted by atomic mass is 10.1. The van der Waals surface area contributed by atoms with Gasteiger partial charge < -0.3 is 25.5 Å². The number of primary amides is 1. The zero-order valence-electron chi connectivity index (χ0n) is 17.1. The third kappa shape index (κ3) is 6.38. The Balaban J connectivity index is 0.00000320. The molecule has 0 fully saturated rings. The highest BCUT2D eigenvalue weighted by molar-refractivity contribution is 14.0. The first-order valence-corrected chi connectivity index (χ1v) is 9.48. The van der Waals surface area contributed by atoms with Crippen molar-refractivity contribution in [2.45, 2.75) is 19.9 Å². The van der Waals surface area contributed by atoms with E-state index in [9.17, 15) is 4.79 Å². The molecule has 8 heteroatoms. The number of para-hydroxylation sites is 1. The van der Waals surface area contributed by atoms with Gasteiger partial charge in [-0.3, -0.25) is 9.79 Å². The maximum Gasteiger partial charge on any atom is 0.255 e. The van der Waals surface area contributed by atoms with Crippen molar-refractivity contribution in [1.29, 1.82) is 0 Å². The van der Waals surface area contributed by atoms with Crippen LogP contribution in [-0.2, 0) is 17.8 Å². The molecule has 0 aliphatic rings. The minimum Gasteiger partial charge on any atom is -0.484 e. The lowest BCUT2D eigenvalue weighted by Crippen LogP contribution is -2.37. The minimum atomic E-state index is -0.491. The largest absolute Gasteiger partial charge is 0.484 e. The van der Waals surface area contributed by atoms with Gasteiger partial charge in [0.15, 0.2) is 12.6 Å². The summed E-state index contributed by atoms with van der Waals surface area (Å²) in [6.45, 7) is 3.23. The standard InChI is InChI=1S/C22H26N4O3.HI/c1-15-18-5-3-4-6-19(18)29-20(15)13-26-22(24-2)25-12-11-16-7-9-17(10-8-16)28-14-21(23)27;/h3-10H,11-14H2,1-2H3,(H2,23,27)(H2,24,25,26);1H. The van der Waals surface area contributed by atoms with Gasteiger partial charge in [-0.15, -0.1) is 24.0 Å².